The zero-order valence-corrected chi connectivity index (χ0v) is 13.8. The summed E-state index contributed by atoms with van der Waals surface area (Å²) in [6, 6.07) is 9.19. The lowest BCUT2D eigenvalue weighted by molar-refractivity contribution is 0.0941. The number of anilines is 1. The predicted molar refractivity (Wildman–Crippen MR) is 92.3 cm³/mol. The van der Waals surface area contributed by atoms with Gasteiger partial charge in [0.2, 0.25) is 5.91 Å². The van der Waals surface area contributed by atoms with Gasteiger partial charge in [0, 0.05) is 29.2 Å². The van der Waals surface area contributed by atoms with Gasteiger partial charge in [0.05, 0.1) is 11.1 Å². The fraction of sp³-hybridized carbons (Fsp3) is 0.111. The first-order valence-corrected chi connectivity index (χ1v) is 7.64. The molecule has 1 amide bonds. The second-order valence-electron chi connectivity index (χ2n) is 5.46. The number of nitrogens with zero attached hydrogens (tertiary/aromatic N) is 1. The maximum atomic E-state index is 13.5. The molecule has 0 unspecified atom stereocenters. The van der Waals surface area contributed by atoms with Crippen LogP contribution in [0.5, 0.6) is 0 Å². The van der Waals surface area contributed by atoms with Crippen LogP contribution < -0.4 is 5.32 Å². The number of hydrogen-bond donors (Lipinski definition) is 1. The molecule has 0 radical (unpaired) electrons. The first kappa shape index (κ1) is 16.2. The van der Waals surface area contributed by atoms with Gasteiger partial charge in [-0.25, -0.2) is 4.39 Å². The summed E-state index contributed by atoms with van der Waals surface area (Å²) in [6.45, 7) is 3.15. The van der Waals surface area contributed by atoms with Crippen molar-refractivity contribution in [3.05, 3.63) is 64.6 Å². The molecule has 3 aromatic rings. The first-order chi connectivity index (χ1) is 11.4. The summed E-state index contributed by atoms with van der Waals surface area (Å²) in [4.78, 5) is 24.4. The Morgan fingerprint density at radius 2 is 1.96 bits per heavy atom. The molecule has 0 aliphatic carbocycles. The number of nitrogens with one attached hydrogen (secondary N) is 1. The van der Waals surface area contributed by atoms with Crippen molar-refractivity contribution >= 4 is 40.0 Å². The lowest BCUT2D eigenvalue weighted by Crippen LogP contribution is -2.13. The monoisotopic (exact) mass is 344 g/mol. The van der Waals surface area contributed by atoms with Crippen LogP contribution >= 0.6 is 11.6 Å². The van der Waals surface area contributed by atoms with Crippen LogP contribution in [0.2, 0.25) is 5.02 Å². The average Bonchev–Trinajstić information content (AvgIpc) is 2.90. The SMILES string of the molecule is CC(=O)n1cc(C(=O)Nc2cccc(Cl)c2C)c2ccc(F)cc21. The minimum atomic E-state index is -0.472. The number of aromatic nitrogens is 1. The van der Waals surface area contributed by atoms with Crippen molar-refractivity contribution in [1.82, 2.24) is 4.57 Å². The number of halogens is 2. The number of carbonyl (C=O) groups is 2. The molecule has 0 spiro atoms. The molecular weight excluding hydrogens is 331 g/mol. The van der Waals surface area contributed by atoms with Gasteiger partial charge in [-0.2, -0.15) is 0 Å². The highest BCUT2D eigenvalue weighted by molar-refractivity contribution is 6.31. The molecule has 122 valence electrons. The van der Waals surface area contributed by atoms with Crippen LogP contribution in [0.1, 0.15) is 27.6 Å². The fourth-order valence-electron chi connectivity index (χ4n) is 2.57. The Labute approximate surface area is 142 Å². The van der Waals surface area contributed by atoms with Crippen molar-refractivity contribution in [2.75, 3.05) is 5.32 Å². The van der Waals surface area contributed by atoms with Crippen LogP contribution in [0, 0.1) is 12.7 Å². The molecule has 0 fully saturated rings. The van der Waals surface area contributed by atoms with Crippen molar-refractivity contribution < 1.29 is 14.0 Å². The van der Waals surface area contributed by atoms with Crippen LogP contribution in [0.25, 0.3) is 10.9 Å². The minimum Gasteiger partial charge on any atom is -0.322 e. The summed E-state index contributed by atoms with van der Waals surface area (Å²) < 4.78 is 14.8. The lowest BCUT2D eigenvalue weighted by atomic mass is 10.1. The molecule has 1 aromatic heterocycles. The molecule has 24 heavy (non-hydrogen) atoms. The number of amides is 1. The summed E-state index contributed by atoms with van der Waals surface area (Å²) in [7, 11) is 0. The molecule has 0 bridgehead atoms. The van der Waals surface area contributed by atoms with E-state index in [-0.39, 0.29) is 5.91 Å². The number of fused-ring (bicyclic) bond motifs is 1. The third-order valence-electron chi connectivity index (χ3n) is 3.87. The van der Waals surface area contributed by atoms with Crippen molar-refractivity contribution in [2.24, 2.45) is 0 Å². The van der Waals surface area contributed by atoms with E-state index in [1.807, 2.05) is 0 Å². The van der Waals surface area contributed by atoms with Gasteiger partial charge in [-0.15, -0.1) is 0 Å². The number of carbonyl (C=O) groups excluding carboxylic acids is 2. The van der Waals surface area contributed by atoms with Crippen LogP contribution in [0.3, 0.4) is 0 Å². The summed E-state index contributed by atoms with van der Waals surface area (Å²) in [5, 5.41) is 3.83. The van der Waals surface area contributed by atoms with E-state index in [2.05, 4.69) is 5.32 Å². The third-order valence-corrected chi connectivity index (χ3v) is 4.28. The van der Waals surface area contributed by atoms with E-state index in [0.29, 0.717) is 27.2 Å². The van der Waals surface area contributed by atoms with Crippen LogP contribution in [0.15, 0.2) is 42.6 Å². The predicted octanol–water partition coefficient (Wildman–Crippen LogP) is 4.65. The summed E-state index contributed by atoms with van der Waals surface area (Å²) in [6.07, 6.45) is 1.42. The zero-order chi connectivity index (χ0) is 17.4. The maximum absolute atomic E-state index is 13.5. The Morgan fingerprint density at radius 1 is 1.21 bits per heavy atom. The molecule has 1 heterocycles. The largest absolute Gasteiger partial charge is 0.322 e. The molecule has 0 aliphatic heterocycles. The smallest absolute Gasteiger partial charge is 0.257 e. The molecule has 3 rings (SSSR count). The van der Waals surface area contributed by atoms with Crippen LogP contribution in [0.4, 0.5) is 10.1 Å². The molecule has 0 aliphatic rings. The van der Waals surface area contributed by atoms with Gasteiger partial charge >= 0.3 is 0 Å². The Kier molecular flexibility index (Phi) is 4.11. The molecule has 6 heteroatoms. The maximum Gasteiger partial charge on any atom is 0.257 e. The third kappa shape index (κ3) is 2.78. The highest BCUT2D eigenvalue weighted by Crippen LogP contribution is 2.26. The van der Waals surface area contributed by atoms with Crippen molar-refractivity contribution in [3.8, 4) is 0 Å². The van der Waals surface area contributed by atoms with Crippen LogP contribution in [-0.2, 0) is 0 Å². The normalized spacial score (nSPS) is 10.8. The standard InChI is InChI=1S/C18H14ClFN2O2/c1-10-15(19)4-3-5-16(10)21-18(24)14-9-22(11(2)23)17-8-12(20)6-7-13(14)17/h3-9H,1-2H3,(H,21,24). The first-order valence-electron chi connectivity index (χ1n) is 7.26. The summed E-state index contributed by atoms with van der Waals surface area (Å²) >= 11 is 6.06. The second kappa shape index (κ2) is 6.09. The molecule has 0 saturated heterocycles. The zero-order valence-electron chi connectivity index (χ0n) is 13.1. The lowest BCUT2D eigenvalue weighted by Gasteiger charge is -2.09. The van der Waals surface area contributed by atoms with Crippen molar-refractivity contribution in [1.29, 1.82) is 0 Å². The van der Waals surface area contributed by atoms with E-state index >= 15 is 0 Å². The Hall–Kier alpha value is -2.66. The van der Waals surface area contributed by atoms with E-state index < -0.39 is 11.7 Å². The molecule has 0 atom stereocenters. The number of rotatable bonds is 2. The number of benzene rings is 2. The molecule has 0 saturated carbocycles. The Morgan fingerprint density at radius 3 is 2.67 bits per heavy atom. The van der Waals surface area contributed by atoms with E-state index in [0.717, 1.165) is 5.56 Å². The number of hydrogen-bond acceptors (Lipinski definition) is 2. The van der Waals surface area contributed by atoms with E-state index in [1.165, 1.54) is 35.9 Å². The van der Waals surface area contributed by atoms with Gasteiger partial charge in [-0.1, -0.05) is 17.7 Å². The Bertz CT molecular complexity index is 979. The minimum absolute atomic E-state index is 0.291. The van der Waals surface area contributed by atoms with Gasteiger partial charge in [-0.3, -0.25) is 14.2 Å². The van der Waals surface area contributed by atoms with Crippen molar-refractivity contribution in [3.63, 3.8) is 0 Å². The van der Waals surface area contributed by atoms with Gasteiger partial charge in [0.1, 0.15) is 5.82 Å². The quantitative estimate of drug-likeness (QED) is 0.735. The fourth-order valence-corrected chi connectivity index (χ4v) is 2.75. The highest BCUT2D eigenvalue weighted by atomic mass is 35.5. The molecule has 4 nitrogen and oxygen atoms in total. The van der Waals surface area contributed by atoms with Gasteiger partial charge < -0.3 is 5.32 Å². The van der Waals surface area contributed by atoms with Gasteiger partial charge in [0.25, 0.3) is 5.91 Å². The van der Waals surface area contributed by atoms with Gasteiger partial charge in [-0.05, 0) is 42.8 Å². The molecular formula is C18H14ClFN2O2. The van der Waals surface area contributed by atoms with Gasteiger partial charge in [0.15, 0.2) is 0 Å². The molecule has 1 N–H and O–H groups in total. The van der Waals surface area contributed by atoms with E-state index in [1.54, 1.807) is 25.1 Å². The summed E-state index contributed by atoms with van der Waals surface area (Å²) in [5.41, 5.74) is 1.97. The van der Waals surface area contributed by atoms with Crippen LogP contribution in [-0.4, -0.2) is 16.4 Å². The molecule has 2 aromatic carbocycles. The Balaban J connectivity index is 2.07. The topological polar surface area (TPSA) is 51.1 Å². The average molecular weight is 345 g/mol. The summed E-state index contributed by atoms with van der Waals surface area (Å²) in [5.74, 6) is -1.17. The van der Waals surface area contributed by atoms with E-state index in [4.69, 9.17) is 11.6 Å². The highest BCUT2D eigenvalue weighted by Gasteiger charge is 2.18. The second-order valence-corrected chi connectivity index (χ2v) is 5.87. The van der Waals surface area contributed by atoms with Crippen molar-refractivity contribution in [2.45, 2.75) is 13.8 Å². The van der Waals surface area contributed by atoms with E-state index in [9.17, 15) is 14.0 Å².